The van der Waals surface area contributed by atoms with E-state index in [0.717, 1.165) is 12.1 Å². The summed E-state index contributed by atoms with van der Waals surface area (Å²) in [7, 11) is 0. The lowest BCUT2D eigenvalue weighted by Gasteiger charge is -2.18. The minimum absolute atomic E-state index is 0.287. The van der Waals surface area contributed by atoms with Crippen molar-refractivity contribution in [3.8, 4) is 0 Å². The fourth-order valence-electron chi connectivity index (χ4n) is 1.65. The van der Waals surface area contributed by atoms with E-state index in [4.69, 9.17) is 10.5 Å². The van der Waals surface area contributed by atoms with Crippen LogP contribution < -0.4 is 5.73 Å². The highest BCUT2D eigenvalue weighted by atomic mass is 16.5. The van der Waals surface area contributed by atoms with E-state index in [1.165, 1.54) is 11.8 Å². The highest BCUT2D eigenvalue weighted by Gasteiger charge is 2.09. The maximum Gasteiger partial charge on any atom is 0.302 e. The molecule has 0 aliphatic heterocycles. The Kier molecular flexibility index (Phi) is 6.32. The molecule has 7 nitrogen and oxygen atoms in total. The van der Waals surface area contributed by atoms with Gasteiger partial charge in [-0.05, 0) is 13.8 Å². The number of amides is 1. The van der Waals surface area contributed by atoms with E-state index in [1.54, 1.807) is 20.0 Å². The van der Waals surface area contributed by atoms with Crippen molar-refractivity contribution in [2.45, 2.75) is 33.7 Å². The molecular weight excluding hydrogens is 272 g/mol. The van der Waals surface area contributed by atoms with Crippen LogP contribution in [0.4, 0.5) is 5.82 Å². The van der Waals surface area contributed by atoms with Gasteiger partial charge in [0.15, 0.2) is 0 Å². The van der Waals surface area contributed by atoms with E-state index < -0.39 is 0 Å². The van der Waals surface area contributed by atoms with Crippen molar-refractivity contribution >= 4 is 18.2 Å². The van der Waals surface area contributed by atoms with Crippen LogP contribution in [0.3, 0.4) is 0 Å². The zero-order chi connectivity index (χ0) is 15.8. The Balaban J connectivity index is 2.66. The Morgan fingerprint density at radius 3 is 2.76 bits per heavy atom. The molecule has 0 bridgehead atoms. The van der Waals surface area contributed by atoms with Crippen LogP contribution in [0.1, 0.15) is 31.7 Å². The van der Waals surface area contributed by atoms with Gasteiger partial charge in [-0.15, -0.1) is 0 Å². The van der Waals surface area contributed by atoms with Crippen LogP contribution >= 0.6 is 0 Å². The highest BCUT2D eigenvalue weighted by Crippen LogP contribution is 2.13. The zero-order valence-electron chi connectivity index (χ0n) is 12.5. The number of allylic oxidation sites excluding steroid dienone is 1. The van der Waals surface area contributed by atoms with Crippen molar-refractivity contribution in [3.63, 3.8) is 0 Å². The number of rotatable bonds is 7. The minimum Gasteiger partial charge on any atom is -0.466 e. The molecule has 0 spiro atoms. The number of aromatic nitrogens is 2. The standard InChI is InChI=1S/C14H20N4O3/c1-10(5-4-6-21-12(3)20)18(9-19)8-13-7-16-11(2)17-14(13)15/h5,7,9H,4,6,8H2,1-3H3,(H2,15,16,17)/b10-5+. The van der Waals surface area contributed by atoms with E-state index in [2.05, 4.69) is 9.97 Å². The fourth-order valence-corrected chi connectivity index (χ4v) is 1.65. The molecule has 1 amide bonds. The monoisotopic (exact) mass is 292 g/mol. The molecule has 0 unspecified atom stereocenters. The molecule has 0 aromatic carbocycles. The van der Waals surface area contributed by atoms with Gasteiger partial charge in [-0.3, -0.25) is 9.59 Å². The number of carbonyl (C=O) groups excluding carboxylic acids is 2. The third-order valence-electron chi connectivity index (χ3n) is 2.80. The Bertz CT molecular complexity index is 543. The summed E-state index contributed by atoms with van der Waals surface area (Å²) in [6.45, 7) is 5.49. The Morgan fingerprint density at radius 1 is 1.48 bits per heavy atom. The summed E-state index contributed by atoms with van der Waals surface area (Å²) < 4.78 is 4.83. The number of carbonyl (C=O) groups is 2. The van der Waals surface area contributed by atoms with Crippen molar-refractivity contribution in [3.05, 3.63) is 29.4 Å². The molecule has 0 aliphatic carbocycles. The van der Waals surface area contributed by atoms with Gasteiger partial charge >= 0.3 is 5.97 Å². The van der Waals surface area contributed by atoms with Gasteiger partial charge in [-0.25, -0.2) is 9.97 Å². The van der Waals surface area contributed by atoms with Crippen molar-refractivity contribution < 1.29 is 14.3 Å². The number of hydrogen-bond acceptors (Lipinski definition) is 6. The molecule has 114 valence electrons. The van der Waals surface area contributed by atoms with Crippen LogP contribution in [0.2, 0.25) is 0 Å². The Morgan fingerprint density at radius 2 is 2.19 bits per heavy atom. The minimum atomic E-state index is -0.321. The molecule has 0 saturated heterocycles. The van der Waals surface area contributed by atoms with Crippen molar-refractivity contribution in [1.29, 1.82) is 0 Å². The molecule has 0 aliphatic rings. The SMILES string of the molecule is CC(=O)OCC/C=C(\C)N(C=O)Cc1cnc(C)nc1N. The molecule has 21 heavy (non-hydrogen) atoms. The smallest absolute Gasteiger partial charge is 0.302 e. The molecule has 0 fully saturated rings. The molecule has 1 aromatic rings. The first-order chi connectivity index (χ1) is 9.93. The van der Waals surface area contributed by atoms with Gasteiger partial charge in [0.25, 0.3) is 0 Å². The number of ether oxygens (including phenoxy) is 1. The topological polar surface area (TPSA) is 98.4 Å². The molecule has 1 rings (SSSR count). The van der Waals surface area contributed by atoms with Gasteiger partial charge in [0.2, 0.25) is 6.41 Å². The maximum atomic E-state index is 11.2. The summed E-state index contributed by atoms with van der Waals surface area (Å²) in [4.78, 5) is 31.5. The van der Waals surface area contributed by atoms with Gasteiger partial charge in [-0.2, -0.15) is 0 Å². The molecule has 0 radical (unpaired) electrons. The second-order valence-corrected chi connectivity index (χ2v) is 4.54. The van der Waals surface area contributed by atoms with Crippen LogP contribution in [0, 0.1) is 6.92 Å². The number of nitrogen functional groups attached to an aromatic ring is 1. The molecule has 1 aromatic heterocycles. The van der Waals surface area contributed by atoms with Gasteiger partial charge in [0, 0.05) is 30.8 Å². The van der Waals surface area contributed by atoms with Gasteiger partial charge in [-0.1, -0.05) is 6.08 Å². The highest BCUT2D eigenvalue weighted by molar-refractivity contribution is 5.65. The van der Waals surface area contributed by atoms with E-state index in [1.807, 2.05) is 6.08 Å². The first-order valence-corrected chi connectivity index (χ1v) is 6.54. The summed E-state index contributed by atoms with van der Waals surface area (Å²) in [5.41, 5.74) is 7.24. The number of esters is 1. The van der Waals surface area contributed by atoms with Crippen molar-refractivity contribution in [2.24, 2.45) is 0 Å². The summed E-state index contributed by atoms with van der Waals surface area (Å²) >= 11 is 0. The number of hydrogen-bond donors (Lipinski definition) is 1. The number of nitrogens with two attached hydrogens (primary N) is 1. The first kappa shape index (κ1) is 16.6. The van der Waals surface area contributed by atoms with E-state index in [0.29, 0.717) is 30.2 Å². The maximum absolute atomic E-state index is 11.2. The van der Waals surface area contributed by atoms with Gasteiger partial charge < -0.3 is 15.4 Å². The Labute approximate surface area is 123 Å². The summed E-state index contributed by atoms with van der Waals surface area (Å²) in [5, 5.41) is 0. The molecular formula is C14H20N4O3. The van der Waals surface area contributed by atoms with Gasteiger partial charge in [0.05, 0.1) is 13.2 Å². The lowest BCUT2D eigenvalue weighted by molar-refractivity contribution is -0.140. The predicted molar refractivity (Wildman–Crippen MR) is 77.8 cm³/mol. The van der Waals surface area contributed by atoms with Crippen LogP contribution in [-0.2, 0) is 20.9 Å². The normalized spacial score (nSPS) is 11.1. The van der Waals surface area contributed by atoms with E-state index in [9.17, 15) is 9.59 Å². The molecule has 1 heterocycles. The fraction of sp³-hybridized carbons (Fsp3) is 0.429. The lowest BCUT2D eigenvalue weighted by Crippen LogP contribution is -2.20. The largest absolute Gasteiger partial charge is 0.466 e. The van der Waals surface area contributed by atoms with E-state index >= 15 is 0 Å². The average Bonchev–Trinajstić information content (AvgIpc) is 2.42. The second-order valence-electron chi connectivity index (χ2n) is 4.54. The average molecular weight is 292 g/mol. The number of anilines is 1. The predicted octanol–water partition coefficient (Wildman–Crippen LogP) is 1.18. The molecule has 0 saturated carbocycles. The zero-order valence-corrected chi connectivity index (χ0v) is 12.5. The Hall–Kier alpha value is -2.44. The van der Waals surface area contributed by atoms with Crippen LogP contribution in [-0.4, -0.2) is 33.9 Å². The molecule has 0 atom stereocenters. The second kappa shape index (κ2) is 7.98. The van der Waals surface area contributed by atoms with E-state index in [-0.39, 0.29) is 12.6 Å². The van der Waals surface area contributed by atoms with Crippen molar-refractivity contribution in [1.82, 2.24) is 14.9 Å². The van der Waals surface area contributed by atoms with Crippen LogP contribution in [0.15, 0.2) is 18.0 Å². The van der Waals surface area contributed by atoms with Crippen LogP contribution in [0.5, 0.6) is 0 Å². The number of nitrogens with zero attached hydrogens (tertiary/aromatic N) is 3. The summed E-state index contributed by atoms with van der Waals surface area (Å²) in [5.74, 6) is 0.627. The quantitative estimate of drug-likeness (QED) is 0.460. The van der Waals surface area contributed by atoms with Gasteiger partial charge in [0.1, 0.15) is 11.6 Å². The first-order valence-electron chi connectivity index (χ1n) is 6.54. The molecule has 2 N–H and O–H groups in total. The molecule has 7 heteroatoms. The number of aryl methyl sites for hydroxylation is 1. The van der Waals surface area contributed by atoms with Crippen molar-refractivity contribution in [2.75, 3.05) is 12.3 Å². The summed E-state index contributed by atoms with van der Waals surface area (Å²) in [6.07, 6.45) is 4.69. The third kappa shape index (κ3) is 5.60. The lowest BCUT2D eigenvalue weighted by atomic mass is 10.2. The summed E-state index contributed by atoms with van der Waals surface area (Å²) in [6, 6.07) is 0. The third-order valence-corrected chi connectivity index (χ3v) is 2.80. The van der Waals surface area contributed by atoms with Crippen LogP contribution in [0.25, 0.3) is 0 Å².